The highest BCUT2D eigenvalue weighted by atomic mass is 16.6. The normalized spacial score (nSPS) is 10.6. The minimum absolute atomic E-state index is 0.328. The van der Waals surface area contributed by atoms with Crippen molar-refractivity contribution in [2.45, 2.75) is 33.3 Å². The lowest BCUT2D eigenvalue weighted by Crippen LogP contribution is -2.27. The molecule has 0 saturated heterocycles. The second kappa shape index (κ2) is 8.64. The van der Waals surface area contributed by atoms with Crippen LogP contribution < -0.4 is 5.32 Å². The number of carbonyl (C=O) groups is 2. The number of anilines is 1. The molecule has 0 radical (unpaired) electrons. The van der Waals surface area contributed by atoms with Crippen molar-refractivity contribution in [3.63, 3.8) is 0 Å². The van der Waals surface area contributed by atoms with Crippen molar-refractivity contribution in [1.29, 1.82) is 0 Å². The molecule has 1 aromatic carbocycles. The molecule has 1 aromatic rings. The maximum Gasteiger partial charge on any atom is 0.412 e. The van der Waals surface area contributed by atoms with Crippen LogP contribution in [-0.4, -0.2) is 24.3 Å². The zero-order chi connectivity index (χ0) is 17.3. The molecule has 0 fully saturated rings. The van der Waals surface area contributed by atoms with E-state index in [1.165, 1.54) is 12.2 Å². The van der Waals surface area contributed by atoms with Gasteiger partial charge in [0, 0.05) is 17.3 Å². The first-order chi connectivity index (χ1) is 10.8. The van der Waals surface area contributed by atoms with Crippen molar-refractivity contribution in [2.24, 2.45) is 0 Å². The molecule has 0 spiro atoms. The zero-order valence-corrected chi connectivity index (χ0v) is 13.8. The Labute approximate surface area is 136 Å². The van der Waals surface area contributed by atoms with Gasteiger partial charge in [-0.3, -0.25) is 5.32 Å². The van der Waals surface area contributed by atoms with Crippen molar-refractivity contribution in [3.05, 3.63) is 42.0 Å². The molecule has 5 nitrogen and oxygen atoms in total. The number of hydrogen-bond acceptors (Lipinski definition) is 4. The SMILES string of the molecule is CCOC(=O)C=CC#Cc1cccc(NC(=O)OC(C)(C)C)c1. The second-order valence-electron chi connectivity index (χ2n) is 5.56. The molecular weight excluding hydrogens is 294 g/mol. The molecule has 0 atom stereocenters. The molecule has 0 heterocycles. The summed E-state index contributed by atoms with van der Waals surface area (Å²) in [5.74, 6) is 5.17. The Morgan fingerprint density at radius 3 is 2.70 bits per heavy atom. The van der Waals surface area contributed by atoms with E-state index >= 15 is 0 Å². The predicted octanol–water partition coefficient (Wildman–Crippen LogP) is 3.50. The molecule has 0 aliphatic carbocycles. The summed E-state index contributed by atoms with van der Waals surface area (Å²) in [6.07, 6.45) is 2.16. The van der Waals surface area contributed by atoms with Crippen LogP contribution in [0.5, 0.6) is 0 Å². The van der Waals surface area contributed by atoms with E-state index in [1.54, 1.807) is 52.0 Å². The third kappa shape index (κ3) is 8.32. The van der Waals surface area contributed by atoms with Crippen LogP contribution in [0.3, 0.4) is 0 Å². The summed E-state index contributed by atoms with van der Waals surface area (Å²) in [4.78, 5) is 22.8. The molecule has 0 bridgehead atoms. The Kier molecular flexibility index (Phi) is 6.88. The molecule has 1 rings (SSSR count). The van der Waals surface area contributed by atoms with Gasteiger partial charge in [-0.15, -0.1) is 0 Å². The molecule has 0 unspecified atom stereocenters. The van der Waals surface area contributed by atoms with Gasteiger partial charge in [0.2, 0.25) is 0 Å². The fourth-order valence-corrected chi connectivity index (χ4v) is 1.52. The van der Waals surface area contributed by atoms with Gasteiger partial charge in [0.15, 0.2) is 0 Å². The lowest BCUT2D eigenvalue weighted by atomic mass is 10.2. The molecule has 0 aliphatic rings. The highest BCUT2D eigenvalue weighted by molar-refractivity contribution is 5.85. The molecule has 1 N–H and O–H groups in total. The smallest absolute Gasteiger partial charge is 0.412 e. The maximum absolute atomic E-state index is 11.7. The van der Waals surface area contributed by atoms with Gasteiger partial charge in [-0.25, -0.2) is 9.59 Å². The average molecular weight is 315 g/mol. The first-order valence-corrected chi connectivity index (χ1v) is 7.25. The molecule has 122 valence electrons. The molecular formula is C18H21NO4. The highest BCUT2D eigenvalue weighted by Gasteiger charge is 2.16. The third-order valence-electron chi connectivity index (χ3n) is 2.31. The van der Waals surface area contributed by atoms with E-state index in [9.17, 15) is 9.59 Å². The van der Waals surface area contributed by atoms with E-state index < -0.39 is 17.7 Å². The second-order valence-corrected chi connectivity index (χ2v) is 5.56. The number of hydrogen-bond donors (Lipinski definition) is 1. The third-order valence-corrected chi connectivity index (χ3v) is 2.31. The molecule has 1 amide bonds. The van der Waals surface area contributed by atoms with Crippen molar-refractivity contribution in [3.8, 4) is 11.8 Å². The quantitative estimate of drug-likeness (QED) is 0.527. The maximum atomic E-state index is 11.7. The summed E-state index contributed by atoms with van der Waals surface area (Å²) in [6, 6.07) is 7.02. The Morgan fingerprint density at radius 2 is 2.04 bits per heavy atom. The fourth-order valence-electron chi connectivity index (χ4n) is 1.52. The minimum Gasteiger partial charge on any atom is -0.463 e. The van der Waals surface area contributed by atoms with Gasteiger partial charge in [-0.1, -0.05) is 17.9 Å². The molecule has 0 aliphatic heterocycles. The first kappa shape index (κ1) is 18.3. The zero-order valence-electron chi connectivity index (χ0n) is 13.8. The number of esters is 1. The van der Waals surface area contributed by atoms with E-state index in [4.69, 9.17) is 9.47 Å². The van der Waals surface area contributed by atoms with E-state index in [2.05, 4.69) is 17.2 Å². The molecule has 23 heavy (non-hydrogen) atoms. The van der Waals surface area contributed by atoms with Gasteiger partial charge >= 0.3 is 12.1 Å². The fraction of sp³-hybridized carbons (Fsp3) is 0.333. The molecule has 0 aromatic heterocycles. The summed E-state index contributed by atoms with van der Waals surface area (Å²) in [5.41, 5.74) is 0.729. The largest absolute Gasteiger partial charge is 0.463 e. The number of amides is 1. The number of allylic oxidation sites excluding steroid dienone is 1. The number of carbonyl (C=O) groups excluding carboxylic acids is 2. The van der Waals surface area contributed by atoms with E-state index in [-0.39, 0.29) is 0 Å². The molecule has 5 heteroatoms. The van der Waals surface area contributed by atoms with Crippen molar-refractivity contribution < 1.29 is 19.1 Å². The number of ether oxygens (including phenoxy) is 2. The van der Waals surface area contributed by atoms with Gasteiger partial charge in [0.25, 0.3) is 0 Å². The summed E-state index contributed by atoms with van der Waals surface area (Å²) < 4.78 is 9.92. The van der Waals surface area contributed by atoms with Crippen LogP contribution in [0.1, 0.15) is 33.3 Å². The number of nitrogens with one attached hydrogen (secondary N) is 1. The topological polar surface area (TPSA) is 64.6 Å². The summed E-state index contributed by atoms with van der Waals surface area (Å²) in [5, 5.41) is 2.64. The Morgan fingerprint density at radius 1 is 1.30 bits per heavy atom. The van der Waals surface area contributed by atoms with Gasteiger partial charge in [-0.05, 0) is 52.0 Å². The monoisotopic (exact) mass is 315 g/mol. The summed E-state index contributed by atoms with van der Waals surface area (Å²) >= 11 is 0. The lowest BCUT2D eigenvalue weighted by Gasteiger charge is -2.19. The Bertz CT molecular complexity index is 645. The summed E-state index contributed by atoms with van der Waals surface area (Å²) in [6.45, 7) is 7.45. The van der Waals surface area contributed by atoms with Crippen LogP contribution in [-0.2, 0) is 14.3 Å². The van der Waals surface area contributed by atoms with Crippen LogP contribution in [0.25, 0.3) is 0 Å². The number of rotatable bonds is 3. The first-order valence-electron chi connectivity index (χ1n) is 7.25. The van der Waals surface area contributed by atoms with Crippen molar-refractivity contribution in [1.82, 2.24) is 0 Å². The highest BCUT2D eigenvalue weighted by Crippen LogP contribution is 2.13. The van der Waals surface area contributed by atoms with E-state index in [0.29, 0.717) is 17.9 Å². The van der Waals surface area contributed by atoms with E-state index in [1.807, 2.05) is 0 Å². The number of benzene rings is 1. The Hall–Kier alpha value is -2.74. The van der Waals surface area contributed by atoms with Crippen molar-refractivity contribution in [2.75, 3.05) is 11.9 Å². The minimum atomic E-state index is -0.556. The standard InChI is InChI=1S/C18H21NO4/c1-5-22-16(20)12-7-6-9-14-10-8-11-15(13-14)19-17(21)23-18(2,3)4/h7-8,10-13H,5H2,1-4H3,(H,19,21). The van der Waals surface area contributed by atoms with Gasteiger partial charge in [-0.2, -0.15) is 0 Å². The predicted molar refractivity (Wildman–Crippen MR) is 88.9 cm³/mol. The van der Waals surface area contributed by atoms with Gasteiger partial charge < -0.3 is 9.47 Å². The summed E-state index contributed by atoms with van der Waals surface area (Å²) in [7, 11) is 0. The van der Waals surface area contributed by atoms with Gasteiger partial charge in [0.05, 0.1) is 6.61 Å². The van der Waals surface area contributed by atoms with Gasteiger partial charge in [0.1, 0.15) is 5.60 Å². The average Bonchev–Trinajstić information content (AvgIpc) is 2.42. The van der Waals surface area contributed by atoms with Crippen LogP contribution in [0.15, 0.2) is 36.4 Å². The Balaban J connectivity index is 2.67. The van der Waals surface area contributed by atoms with Crippen LogP contribution in [0.2, 0.25) is 0 Å². The van der Waals surface area contributed by atoms with Crippen LogP contribution in [0, 0.1) is 11.8 Å². The lowest BCUT2D eigenvalue weighted by molar-refractivity contribution is -0.137. The van der Waals surface area contributed by atoms with Crippen LogP contribution in [0.4, 0.5) is 10.5 Å². The van der Waals surface area contributed by atoms with Crippen LogP contribution >= 0.6 is 0 Å². The van der Waals surface area contributed by atoms with E-state index in [0.717, 1.165) is 0 Å². The molecule has 0 saturated carbocycles. The van der Waals surface area contributed by atoms with Crippen molar-refractivity contribution >= 4 is 17.7 Å².